The maximum absolute atomic E-state index is 13.9. The van der Waals surface area contributed by atoms with Gasteiger partial charge in [0.1, 0.15) is 0 Å². The molecule has 2 spiro atoms. The molecule has 0 radical (unpaired) electrons. The van der Waals surface area contributed by atoms with E-state index in [4.69, 9.17) is 28.4 Å². The highest BCUT2D eigenvalue weighted by Gasteiger charge is 2.51. The molecule has 0 N–H and O–H groups in total. The van der Waals surface area contributed by atoms with E-state index in [0.29, 0.717) is 72.9 Å². The second-order valence-corrected chi connectivity index (χ2v) is 22.0. The third-order valence-electron chi connectivity index (χ3n) is 16.8. The highest BCUT2D eigenvalue weighted by molar-refractivity contribution is 5.92. The molecule has 2 unspecified atom stereocenters. The van der Waals surface area contributed by atoms with Crippen LogP contribution in [-0.4, -0.2) is 61.9 Å². The molecule has 12 heteroatoms. The molecule has 0 bridgehead atoms. The van der Waals surface area contributed by atoms with Crippen molar-refractivity contribution in [3.63, 3.8) is 0 Å². The van der Waals surface area contributed by atoms with E-state index in [9.17, 15) is 19.2 Å². The van der Waals surface area contributed by atoms with Gasteiger partial charge in [0.25, 0.3) is 0 Å². The molecule has 10 rings (SSSR count). The van der Waals surface area contributed by atoms with Crippen LogP contribution in [0.2, 0.25) is 0 Å². The number of methoxy groups -OCH3 is 2. The number of esters is 4. The van der Waals surface area contributed by atoms with Gasteiger partial charge in [-0.2, -0.15) is 0 Å². The van der Waals surface area contributed by atoms with Gasteiger partial charge in [0.15, 0.2) is 0 Å². The van der Waals surface area contributed by atoms with Crippen molar-refractivity contribution in [2.24, 2.45) is 11.8 Å². The number of rotatable bonds is 9. The Morgan fingerprint density at radius 2 is 0.892 bits per heavy atom. The maximum Gasteiger partial charge on any atom is 0.339 e. The van der Waals surface area contributed by atoms with Gasteiger partial charge in [-0.05, 0) is 134 Å². The molecule has 2 saturated carbocycles. The molecule has 74 heavy (non-hydrogen) atoms. The molecule has 4 fully saturated rings. The summed E-state index contributed by atoms with van der Waals surface area (Å²) < 4.78 is 35.7. The van der Waals surface area contributed by atoms with Crippen molar-refractivity contribution in [1.82, 2.24) is 0 Å². The van der Waals surface area contributed by atoms with Crippen LogP contribution in [0.25, 0.3) is 0 Å². The van der Waals surface area contributed by atoms with E-state index in [2.05, 4.69) is 73.9 Å². The number of ether oxygens (including phenoxy) is 6. The zero-order valence-corrected chi connectivity index (χ0v) is 43.9. The number of carbonyl (C=O) groups excluding carboxylic acids is 4. The molecule has 4 aliphatic heterocycles. The molecule has 2 atom stereocenters. The minimum Gasteiger partial charge on any atom is -0.465 e. The van der Waals surface area contributed by atoms with Crippen molar-refractivity contribution in [1.29, 1.82) is 0 Å². The number of nitrogens with zero attached hydrogens (tertiary/aromatic N) is 2. The van der Waals surface area contributed by atoms with E-state index in [1.807, 2.05) is 74.5 Å². The van der Waals surface area contributed by atoms with Crippen LogP contribution in [0.1, 0.15) is 136 Å². The zero-order valence-electron chi connectivity index (χ0n) is 43.9. The van der Waals surface area contributed by atoms with Gasteiger partial charge < -0.3 is 38.2 Å². The molecule has 0 amide bonds. The van der Waals surface area contributed by atoms with Gasteiger partial charge in [0.05, 0.1) is 48.7 Å². The Morgan fingerprint density at radius 3 is 1.23 bits per heavy atom. The Kier molecular flexibility index (Phi) is 13.6. The quantitative estimate of drug-likeness (QED) is 0.0899. The Hall–Kier alpha value is -6.76. The molecule has 386 valence electrons. The number of allylic oxidation sites excluding steroid dienone is 6. The molecule has 2 aliphatic carbocycles. The lowest BCUT2D eigenvalue weighted by atomic mass is 9.70. The lowest BCUT2D eigenvalue weighted by Gasteiger charge is -2.48. The molecule has 12 nitrogen and oxygen atoms in total. The number of fused-ring (bicyclic) bond motifs is 2. The Morgan fingerprint density at radius 1 is 0.541 bits per heavy atom. The number of para-hydroxylation sites is 2. The largest absolute Gasteiger partial charge is 0.465 e. The summed E-state index contributed by atoms with van der Waals surface area (Å²) in [4.78, 5) is 56.7. The smallest absolute Gasteiger partial charge is 0.339 e. The van der Waals surface area contributed by atoms with Gasteiger partial charge in [-0.15, -0.1) is 0 Å². The summed E-state index contributed by atoms with van der Waals surface area (Å²) in [6, 6.07) is 31.7. The Bertz CT molecular complexity index is 2760. The van der Waals surface area contributed by atoms with Crippen LogP contribution < -0.4 is 9.80 Å². The first kappa shape index (κ1) is 50.8. The monoisotopic (exact) mass is 1000 g/mol. The number of carbonyl (C=O) groups is 4. The third kappa shape index (κ3) is 9.40. The summed E-state index contributed by atoms with van der Waals surface area (Å²) in [5, 5.41) is 0. The van der Waals surface area contributed by atoms with E-state index in [1.54, 1.807) is 24.3 Å². The molecule has 2 saturated heterocycles. The number of hydrogen-bond acceptors (Lipinski definition) is 12. The summed E-state index contributed by atoms with van der Waals surface area (Å²) >= 11 is 0. The number of benzene rings is 4. The van der Waals surface area contributed by atoms with Crippen molar-refractivity contribution in [3.05, 3.63) is 177 Å². The summed E-state index contributed by atoms with van der Waals surface area (Å²) in [6.45, 7) is 13.8. The summed E-state index contributed by atoms with van der Waals surface area (Å²) in [7, 11) is 2.76. The van der Waals surface area contributed by atoms with E-state index in [1.165, 1.54) is 25.3 Å². The van der Waals surface area contributed by atoms with Gasteiger partial charge in [-0.25, -0.2) is 19.2 Å². The molecule has 4 heterocycles. The van der Waals surface area contributed by atoms with Crippen LogP contribution in [0.5, 0.6) is 0 Å². The van der Waals surface area contributed by atoms with Crippen molar-refractivity contribution < 1.29 is 47.6 Å². The fraction of sp³-hybridized carbons (Fsp3) is 0.419. The van der Waals surface area contributed by atoms with E-state index >= 15 is 0 Å². The highest BCUT2D eigenvalue weighted by Crippen LogP contribution is 2.52. The van der Waals surface area contributed by atoms with Crippen molar-refractivity contribution >= 4 is 35.3 Å². The van der Waals surface area contributed by atoms with Crippen molar-refractivity contribution in [2.75, 3.05) is 24.0 Å². The molecular weight excluding hydrogens is 933 g/mol. The summed E-state index contributed by atoms with van der Waals surface area (Å²) in [5.41, 5.74) is 9.98. The second kappa shape index (κ2) is 19.8. The third-order valence-corrected chi connectivity index (χ3v) is 16.8. The van der Waals surface area contributed by atoms with Crippen LogP contribution in [0.3, 0.4) is 0 Å². The average molecular weight is 1000 g/mol. The first-order valence-electron chi connectivity index (χ1n) is 26.2. The standard InChI is InChI=1S/C62H68N2O10/c1-39-47(25-27-53-59(3,4)49-13-9-11-15-51(49)63(53)37-41-17-21-45(22-18-41)55(65)69-7)57(67)73-61(71-39)33-29-43(30-34-61)44-31-35-62(36-32-44)72-40(2)48(58(68)74-62)26-28-54-60(5,6)50-14-10-12-16-52(50)64(54)38-42-19-23-46(24-20-42)56(66)70-8/h9-28,39-40,43-44H,29-38H2,1-8H3. The van der Waals surface area contributed by atoms with Gasteiger partial charge in [-0.1, -0.05) is 88.4 Å². The van der Waals surface area contributed by atoms with Gasteiger partial charge in [0, 0.05) is 72.4 Å². The van der Waals surface area contributed by atoms with Gasteiger partial charge in [0.2, 0.25) is 11.6 Å². The second-order valence-electron chi connectivity index (χ2n) is 22.0. The summed E-state index contributed by atoms with van der Waals surface area (Å²) in [6.07, 6.45) is 12.9. The minimum absolute atomic E-state index is 0.342. The lowest BCUT2D eigenvalue weighted by Crippen LogP contribution is -2.51. The lowest BCUT2D eigenvalue weighted by molar-refractivity contribution is -0.280. The van der Waals surface area contributed by atoms with E-state index in [-0.39, 0.29) is 34.7 Å². The topological polar surface area (TPSA) is 130 Å². The SMILES string of the molecule is COC(=O)c1ccc(CN2C(=CC=C3C(=O)OC4(CCC(C5CCC6(CC5)OC(=O)C(=CC=C5N(Cc7ccc(C(=O)OC)cc7)c7ccccc7C5(C)C)C(C)O6)CC4)OC3C)C(C)(C)c3ccccc32)cc1. The van der Waals surface area contributed by atoms with Crippen LogP contribution in [0.15, 0.2) is 144 Å². The van der Waals surface area contributed by atoms with Crippen molar-refractivity contribution in [2.45, 2.75) is 141 Å². The minimum atomic E-state index is -0.959. The van der Waals surface area contributed by atoms with E-state index < -0.39 is 23.8 Å². The summed E-state index contributed by atoms with van der Waals surface area (Å²) in [5.74, 6) is -2.49. The number of hydrogen-bond donors (Lipinski definition) is 0. The van der Waals surface area contributed by atoms with Crippen LogP contribution >= 0.6 is 0 Å². The zero-order chi connectivity index (χ0) is 52.2. The van der Waals surface area contributed by atoms with Crippen LogP contribution in [-0.2, 0) is 61.9 Å². The Labute approximate surface area is 435 Å². The van der Waals surface area contributed by atoms with Crippen LogP contribution in [0, 0.1) is 11.8 Å². The predicted octanol–water partition coefficient (Wildman–Crippen LogP) is 11.9. The van der Waals surface area contributed by atoms with Crippen LogP contribution in [0.4, 0.5) is 11.4 Å². The fourth-order valence-electron chi connectivity index (χ4n) is 12.6. The molecule has 4 aromatic rings. The van der Waals surface area contributed by atoms with Gasteiger partial charge in [-0.3, -0.25) is 0 Å². The first-order valence-corrected chi connectivity index (χ1v) is 26.2. The predicted molar refractivity (Wildman–Crippen MR) is 282 cm³/mol. The molecular formula is C62H68N2O10. The molecule has 4 aromatic carbocycles. The fourth-order valence-corrected chi connectivity index (χ4v) is 12.6. The highest BCUT2D eigenvalue weighted by atomic mass is 16.7. The number of anilines is 2. The van der Waals surface area contributed by atoms with Gasteiger partial charge >= 0.3 is 23.9 Å². The first-order chi connectivity index (χ1) is 35.4. The Balaban J connectivity index is 0.761. The van der Waals surface area contributed by atoms with E-state index in [0.717, 1.165) is 59.6 Å². The normalized spacial score (nSPS) is 29.1. The average Bonchev–Trinajstić information content (AvgIpc) is 3.73. The van der Waals surface area contributed by atoms with Crippen molar-refractivity contribution in [3.8, 4) is 0 Å². The molecule has 0 aromatic heterocycles. The molecule has 6 aliphatic rings. The maximum atomic E-state index is 13.9.